The summed E-state index contributed by atoms with van der Waals surface area (Å²) in [6.07, 6.45) is 3.72. The van der Waals surface area contributed by atoms with E-state index in [2.05, 4.69) is 34.5 Å². The summed E-state index contributed by atoms with van der Waals surface area (Å²) in [4.78, 5) is 31.5. The molecule has 0 aromatic carbocycles. The molecule has 134 valence electrons. The average Bonchev–Trinajstić information content (AvgIpc) is 2.95. The lowest BCUT2D eigenvalue weighted by Crippen LogP contribution is -2.36. The van der Waals surface area contributed by atoms with Crippen LogP contribution in [-0.2, 0) is 27.3 Å². The number of thiazole rings is 1. The molecule has 1 aromatic rings. The number of fused-ring (bicyclic) bond motifs is 1. The molecule has 0 saturated heterocycles. The smallest absolute Gasteiger partial charge is 0.315 e. The number of carbonyl (C=O) groups is 2. The summed E-state index contributed by atoms with van der Waals surface area (Å²) in [5, 5.41) is 5.69. The van der Waals surface area contributed by atoms with E-state index in [0.29, 0.717) is 24.7 Å². The SMILES string of the molecule is CCCCOCCCNC(=O)C(=O)Nc1nc2c(s1)CN(C)CC2. The summed E-state index contributed by atoms with van der Waals surface area (Å²) < 4.78 is 5.40. The molecule has 0 saturated carbocycles. The van der Waals surface area contributed by atoms with Gasteiger partial charge in [-0.25, -0.2) is 4.98 Å². The molecule has 0 aliphatic carbocycles. The van der Waals surface area contributed by atoms with Crippen LogP contribution in [0.5, 0.6) is 0 Å². The maximum absolute atomic E-state index is 11.9. The van der Waals surface area contributed by atoms with Crippen LogP contribution in [0.1, 0.15) is 36.8 Å². The Bertz CT molecular complexity index is 562. The number of nitrogens with zero attached hydrogens (tertiary/aromatic N) is 2. The van der Waals surface area contributed by atoms with E-state index in [4.69, 9.17) is 4.74 Å². The third-order valence-electron chi connectivity index (χ3n) is 3.74. The zero-order valence-electron chi connectivity index (χ0n) is 14.4. The fourth-order valence-electron chi connectivity index (χ4n) is 2.34. The second-order valence-corrected chi connectivity index (χ2v) is 6.99. The molecular formula is C16H26N4O3S. The summed E-state index contributed by atoms with van der Waals surface area (Å²) in [5.41, 5.74) is 1.03. The van der Waals surface area contributed by atoms with Crippen LogP contribution in [0.15, 0.2) is 0 Å². The quantitative estimate of drug-likeness (QED) is 0.544. The number of likely N-dealkylation sites (N-methyl/N-ethyl adjacent to an activating group) is 1. The lowest BCUT2D eigenvalue weighted by molar-refractivity contribution is -0.136. The average molecular weight is 354 g/mol. The zero-order chi connectivity index (χ0) is 17.4. The number of carbonyl (C=O) groups excluding carboxylic acids is 2. The minimum atomic E-state index is -0.665. The number of aromatic nitrogens is 1. The van der Waals surface area contributed by atoms with Crippen molar-refractivity contribution in [2.75, 3.05) is 38.7 Å². The summed E-state index contributed by atoms with van der Waals surface area (Å²) in [7, 11) is 2.06. The second-order valence-electron chi connectivity index (χ2n) is 5.91. The largest absolute Gasteiger partial charge is 0.381 e. The molecule has 2 rings (SSSR count). The van der Waals surface area contributed by atoms with E-state index >= 15 is 0 Å². The van der Waals surface area contributed by atoms with Gasteiger partial charge in [-0.3, -0.25) is 14.9 Å². The highest BCUT2D eigenvalue weighted by molar-refractivity contribution is 7.16. The van der Waals surface area contributed by atoms with Gasteiger partial charge in [0.25, 0.3) is 0 Å². The van der Waals surface area contributed by atoms with Crippen molar-refractivity contribution in [3.63, 3.8) is 0 Å². The van der Waals surface area contributed by atoms with Crippen LogP contribution in [0.25, 0.3) is 0 Å². The standard InChI is InChI=1S/C16H26N4O3S/c1-3-4-9-23-10-5-7-17-14(21)15(22)19-16-18-12-6-8-20(2)11-13(12)24-16/h3-11H2,1-2H3,(H,17,21)(H,18,19,22). The van der Waals surface area contributed by atoms with Gasteiger partial charge in [0.05, 0.1) is 5.69 Å². The number of amides is 2. The highest BCUT2D eigenvalue weighted by Gasteiger charge is 2.20. The molecular weight excluding hydrogens is 328 g/mol. The first kappa shape index (κ1) is 18.8. The molecule has 0 fully saturated rings. The van der Waals surface area contributed by atoms with Gasteiger partial charge in [-0.15, -0.1) is 11.3 Å². The first-order valence-corrected chi connectivity index (χ1v) is 9.25. The molecule has 8 heteroatoms. The van der Waals surface area contributed by atoms with Gasteiger partial charge in [0.1, 0.15) is 0 Å². The molecule has 0 unspecified atom stereocenters. The van der Waals surface area contributed by atoms with E-state index in [-0.39, 0.29) is 0 Å². The van der Waals surface area contributed by atoms with Crippen LogP contribution >= 0.6 is 11.3 Å². The summed E-state index contributed by atoms with van der Waals surface area (Å²) >= 11 is 1.44. The maximum Gasteiger partial charge on any atom is 0.315 e. The lowest BCUT2D eigenvalue weighted by Gasteiger charge is -2.20. The van der Waals surface area contributed by atoms with E-state index < -0.39 is 11.8 Å². The molecule has 1 aromatic heterocycles. The van der Waals surface area contributed by atoms with Crippen LogP contribution < -0.4 is 10.6 Å². The fourth-order valence-corrected chi connectivity index (χ4v) is 3.42. The topological polar surface area (TPSA) is 83.6 Å². The van der Waals surface area contributed by atoms with Gasteiger partial charge in [-0.1, -0.05) is 13.3 Å². The van der Waals surface area contributed by atoms with Crippen molar-refractivity contribution in [2.24, 2.45) is 0 Å². The highest BCUT2D eigenvalue weighted by atomic mass is 32.1. The number of ether oxygens (including phenoxy) is 1. The molecule has 24 heavy (non-hydrogen) atoms. The minimum Gasteiger partial charge on any atom is -0.381 e. The van der Waals surface area contributed by atoms with Crippen molar-refractivity contribution < 1.29 is 14.3 Å². The van der Waals surface area contributed by atoms with Crippen LogP contribution in [0.3, 0.4) is 0 Å². The molecule has 0 atom stereocenters. The first-order chi connectivity index (χ1) is 11.6. The second kappa shape index (κ2) is 9.71. The minimum absolute atomic E-state index is 0.428. The van der Waals surface area contributed by atoms with E-state index in [1.807, 2.05) is 0 Å². The Hall–Kier alpha value is -1.51. The Balaban J connectivity index is 1.67. The number of unbranched alkanes of at least 4 members (excludes halogenated alkanes) is 1. The predicted octanol–water partition coefficient (Wildman–Crippen LogP) is 1.39. The summed E-state index contributed by atoms with van der Waals surface area (Å²) in [6.45, 7) is 5.68. The number of anilines is 1. The van der Waals surface area contributed by atoms with Gasteiger partial charge in [0.15, 0.2) is 5.13 Å². The van der Waals surface area contributed by atoms with Gasteiger partial charge >= 0.3 is 11.8 Å². The Morgan fingerprint density at radius 3 is 2.88 bits per heavy atom. The van der Waals surface area contributed by atoms with E-state index in [0.717, 1.165) is 49.5 Å². The van der Waals surface area contributed by atoms with Crippen molar-refractivity contribution in [1.29, 1.82) is 0 Å². The van der Waals surface area contributed by atoms with Gasteiger partial charge in [-0.05, 0) is 19.9 Å². The Morgan fingerprint density at radius 1 is 1.29 bits per heavy atom. The molecule has 2 amide bonds. The molecule has 0 radical (unpaired) electrons. The molecule has 1 aliphatic heterocycles. The number of hydrogen-bond acceptors (Lipinski definition) is 6. The first-order valence-electron chi connectivity index (χ1n) is 8.44. The van der Waals surface area contributed by atoms with Crippen LogP contribution in [0, 0.1) is 0 Å². The number of rotatable bonds is 8. The number of nitrogens with one attached hydrogen (secondary N) is 2. The Kier molecular flexibility index (Phi) is 7.61. The maximum atomic E-state index is 11.9. The van der Waals surface area contributed by atoms with Gasteiger partial charge in [0, 0.05) is 44.1 Å². The Labute approximate surface area is 146 Å². The molecule has 0 spiro atoms. The van der Waals surface area contributed by atoms with Gasteiger partial charge < -0.3 is 15.0 Å². The van der Waals surface area contributed by atoms with Crippen molar-refractivity contribution in [3.05, 3.63) is 10.6 Å². The van der Waals surface area contributed by atoms with E-state index in [1.54, 1.807) is 0 Å². The molecule has 2 N–H and O–H groups in total. The molecule has 2 heterocycles. The van der Waals surface area contributed by atoms with Crippen LogP contribution in [0.2, 0.25) is 0 Å². The van der Waals surface area contributed by atoms with Gasteiger partial charge in [0.2, 0.25) is 0 Å². The summed E-state index contributed by atoms with van der Waals surface area (Å²) in [6, 6.07) is 0. The van der Waals surface area contributed by atoms with E-state index in [1.165, 1.54) is 11.3 Å². The van der Waals surface area contributed by atoms with Crippen LogP contribution in [0.4, 0.5) is 5.13 Å². The van der Waals surface area contributed by atoms with Crippen molar-refractivity contribution >= 4 is 28.3 Å². The molecule has 1 aliphatic rings. The highest BCUT2D eigenvalue weighted by Crippen LogP contribution is 2.27. The van der Waals surface area contributed by atoms with Crippen molar-refractivity contribution in [3.8, 4) is 0 Å². The van der Waals surface area contributed by atoms with Crippen LogP contribution in [-0.4, -0.2) is 55.0 Å². The van der Waals surface area contributed by atoms with E-state index in [9.17, 15) is 9.59 Å². The van der Waals surface area contributed by atoms with Gasteiger partial charge in [-0.2, -0.15) is 0 Å². The third-order valence-corrected chi connectivity index (χ3v) is 4.74. The Morgan fingerprint density at radius 2 is 2.08 bits per heavy atom. The lowest BCUT2D eigenvalue weighted by atomic mass is 10.2. The van der Waals surface area contributed by atoms with Crippen molar-refractivity contribution in [1.82, 2.24) is 15.2 Å². The number of hydrogen-bond donors (Lipinski definition) is 2. The third kappa shape index (κ3) is 5.85. The summed E-state index contributed by atoms with van der Waals surface area (Å²) in [5.74, 6) is -1.30. The molecule has 7 nitrogen and oxygen atoms in total. The molecule has 0 bridgehead atoms. The van der Waals surface area contributed by atoms with Crippen molar-refractivity contribution in [2.45, 2.75) is 39.2 Å². The predicted molar refractivity (Wildman–Crippen MR) is 94.1 cm³/mol. The fraction of sp³-hybridized carbons (Fsp3) is 0.688. The normalized spacial score (nSPS) is 14.2. The zero-order valence-corrected chi connectivity index (χ0v) is 15.2. The monoisotopic (exact) mass is 354 g/mol.